The number of rotatable bonds is 5. The summed E-state index contributed by atoms with van der Waals surface area (Å²) in [6, 6.07) is 12.0. The predicted octanol–water partition coefficient (Wildman–Crippen LogP) is 3.04. The number of alkyl halides is 3. The normalized spacial score (nSPS) is 17.5. The maximum absolute atomic E-state index is 12.7. The topological polar surface area (TPSA) is 69.7 Å². The number of piperazine rings is 1. The number of nitrogens with zero attached hydrogens (tertiary/aromatic N) is 2. The monoisotopic (exact) mass is 441 g/mol. The van der Waals surface area contributed by atoms with Gasteiger partial charge in [-0.3, -0.25) is 9.69 Å². The number of amides is 1. The van der Waals surface area contributed by atoms with E-state index in [9.17, 15) is 26.4 Å². The molecular weight excluding hydrogens is 419 g/mol. The molecule has 1 N–H and O–H groups in total. The van der Waals surface area contributed by atoms with E-state index in [0.717, 1.165) is 24.3 Å². The van der Waals surface area contributed by atoms with E-state index in [-0.39, 0.29) is 23.9 Å². The SMILES string of the molecule is C[C@@H](C(=O)Nc1ccccc1)N1CCN(S(=O)(=O)c2ccc(C(F)(F)F)cc2)CC1. The molecule has 10 heteroatoms. The van der Waals surface area contributed by atoms with Crippen molar-refractivity contribution >= 4 is 21.6 Å². The molecule has 0 bridgehead atoms. The Kier molecular flexibility index (Phi) is 6.49. The summed E-state index contributed by atoms with van der Waals surface area (Å²) in [5.41, 5.74) is -0.220. The Morgan fingerprint density at radius 3 is 2.07 bits per heavy atom. The van der Waals surface area contributed by atoms with E-state index < -0.39 is 27.8 Å². The van der Waals surface area contributed by atoms with Crippen molar-refractivity contribution in [2.24, 2.45) is 0 Å². The molecule has 1 fully saturated rings. The van der Waals surface area contributed by atoms with Crippen LogP contribution in [0.3, 0.4) is 0 Å². The van der Waals surface area contributed by atoms with Gasteiger partial charge in [-0.25, -0.2) is 8.42 Å². The van der Waals surface area contributed by atoms with E-state index in [1.807, 2.05) is 23.1 Å². The number of benzene rings is 2. The number of carbonyl (C=O) groups excluding carboxylic acids is 1. The number of halogens is 3. The van der Waals surface area contributed by atoms with Crippen LogP contribution in [0, 0.1) is 0 Å². The summed E-state index contributed by atoms with van der Waals surface area (Å²) in [4.78, 5) is 14.1. The van der Waals surface area contributed by atoms with Crippen molar-refractivity contribution in [3.05, 3.63) is 60.2 Å². The van der Waals surface area contributed by atoms with Gasteiger partial charge in [-0.15, -0.1) is 0 Å². The highest BCUT2D eigenvalue weighted by molar-refractivity contribution is 7.89. The first-order valence-corrected chi connectivity index (χ1v) is 10.8. The molecule has 2 aromatic rings. The van der Waals surface area contributed by atoms with Crippen LogP contribution in [0.1, 0.15) is 12.5 Å². The van der Waals surface area contributed by atoms with E-state index in [4.69, 9.17) is 0 Å². The van der Waals surface area contributed by atoms with Crippen molar-refractivity contribution in [3.63, 3.8) is 0 Å². The van der Waals surface area contributed by atoms with Crippen molar-refractivity contribution in [1.29, 1.82) is 0 Å². The highest BCUT2D eigenvalue weighted by Gasteiger charge is 2.34. The van der Waals surface area contributed by atoms with Gasteiger partial charge in [0.2, 0.25) is 15.9 Å². The summed E-state index contributed by atoms with van der Waals surface area (Å²) in [6.45, 7) is 2.71. The lowest BCUT2D eigenvalue weighted by molar-refractivity contribution is -0.137. The summed E-state index contributed by atoms with van der Waals surface area (Å²) in [5.74, 6) is -0.194. The summed E-state index contributed by atoms with van der Waals surface area (Å²) in [6.07, 6.45) is -4.52. The zero-order valence-electron chi connectivity index (χ0n) is 16.3. The molecule has 3 rings (SSSR count). The first-order valence-electron chi connectivity index (χ1n) is 9.36. The molecule has 30 heavy (non-hydrogen) atoms. The van der Waals surface area contributed by atoms with Crippen molar-refractivity contribution in [1.82, 2.24) is 9.21 Å². The second kappa shape index (κ2) is 8.75. The quantitative estimate of drug-likeness (QED) is 0.775. The molecule has 1 aliphatic rings. The van der Waals surface area contributed by atoms with Crippen molar-refractivity contribution in [3.8, 4) is 0 Å². The first kappa shape index (κ1) is 22.3. The van der Waals surface area contributed by atoms with Gasteiger partial charge in [-0.2, -0.15) is 17.5 Å². The third kappa shape index (κ3) is 5.00. The second-order valence-electron chi connectivity index (χ2n) is 6.99. The zero-order chi connectivity index (χ0) is 21.9. The minimum absolute atomic E-state index is 0.145. The molecule has 6 nitrogen and oxygen atoms in total. The number of carbonyl (C=O) groups is 1. The Bertz CT molecular complexity index is 972. The Hall–Kier alpha value is -2.43. The summed E-state index contributed by atoms with van der Waals surface area (Å²) in [7, 11) is -3.90. The van der Waals surface area contributed by atoms with Crippen LogP contribution in [-0.2, 0) is 21.0 Å². The maximum Gasteiger partial charge on any atom is 0.416 e. The van der Waals surface area contributed by atoms with Crippen molar-refractivity contribution in [2.75, 3.05) is 31.5 Å². The van der Waals surface area contributed by atoms with Crippen molar-refractivity contribution in [2.45, 2.75) is 24.0 Å². The fraction of sp³-hybridized carbons (Fsp3) is 0.350. The number of anilines is 1. The lowest BCUT2D eigenvalue weighted by atomic mass is 10.2. The Labute approximate surface area is 173 Å². The standard InChI is InChI=1S/C20H22F3N3O3S/c1-15(19(27)24-17-5-3-2-4-6-17)25-11-13-26(14-12-25)30(28,29)18-9-7-16(8-10-18)20(21,22)23/h2-10,15H,11-14H2,1H3,(H,24,27)/t15-/m0/s1. The third-order valence-electron chi connectivity index (χ3n) is 5.06. The molecule has 0 unspecified atom stereocenters. The van der Waals surface area contributed by atoms with Crippen LogP contribution >= 0.6 is 0 Å². The molecule has 162 valence electrons. The molecule has 2 aromatic carbocycles. The molecule has 0 radical (unpaired) electrons. The number of nitrogens with one attached hydrogen (secondary N) is 1. The van der Waals surface area contributed by atoms with Crippen molar-refractivity contribution < 1.29 is 26.4 Å². The van der Waals surface area contributed by atoms with Gasteiger partial charge in [-0.1, -0.05) is 18.2 Å². The van der Waals surface area contributed by atoms with Crippen LogP contribution in [0.5, 0.6) is 0 Å². The molecule has 0 spiro atoms. The van der Waals surface area contributed by atoms with Crippen LogP contribution in [0.2, 0.25) is 0 Å². The second-order valence-corrected chi connectivity index (χ2v) is 8.93. The van der Waals surface area contributed by atoms with Crippen LogP contribution in [0.25, 0.3) is 0 Å². The first-order chi connectivity index (χ1) is 14.1. The van der Waals surface area contributed by atoms with E-state index in [1.54, 1.807) is 19.1 Å². The van der Waals surface area contributed by atoms with Gasteiger partial charge in [0, 0.05) is 31.9 Å². The Morgan fingerprint density at radius 2 is 1.53 bits per heavy atom. The predicted molar refractivity (Wildman–Crippen MR) is 106 cm³/mol. The van der Waals surface area contributed by atoms with Gasteiger partial charge in [0.25, 0.3) is 0 Å². The van der Waals surface area contributed by atoms with Gasteiger partial charge < -0.3 is 5.32 Å². The largest absolute Gasteiger partial charge is 0.416 e. The van der Waals surface area contributed by atoms with Crippen LogP contribution < -0.4 is 5.32 Å². The summed E-state index contributed by atoms with van der Waals surface area (Å²) < 4.78 is 64.8. The average molecular weight is 441 g/mol. The molecule has 1 aliphatic heterocycles. The highest BCUT2D eigenvalue weighted by Crippen LogP contribution is 2.30. The van der Waals surface area contributed by atoms with Crippen LogP contribution in [0.4, 0.5) is 18.9 Å². The molecule has 1 saturated heterocycles. The Morgan fingerprint density at radius 1 is 0.967 bits per heavy atom. The molecule has 1 atom stereocenters. The van der Waals surface area contributed by atoms with E-state index in [0.29, 0.717) is 18.8 Å². The fourth-order valence-corrected chi connectivity index (χ4v) is 4.65. The number of hydrogen-bond acceptors (Lipinski definition) is 4. The van der Waals surface area contributed by atoms with E-state index in [2.05, 4.69) is 5.32 Å². The molecule has 0 aliphatic carbocycles. The van der Waals surface area contributed by atoms with Gasteiger partial charge in [0.15, 0.2) is 0 Å². The average Bonchev–Trinajstić information content (AvgIpc) is 2.73. The van der Waals surface area contributed by atoms with Crippen LogP contribution in [0.15, 0.2) is 59.5 Å². The van der Waals surface area contributed by atoms with E-state index >= 15 is 0 Å². The summed E-state index contributed by atoms with van der Waals surface area (Å²) in [5, 5.41) is 2.82. The highest BCUT2D eigenvalue weighted by atomic mass is 32.2. The molecule has 0 saturated carbocycles. The lowest BCUT2D eigenvalue weighted by Crippen LogP contribution is -2.53. The minimum Gasteiger partial charge on any atom is -0.325 e. The van der Waals surface area contributed by atoms with Gasteiger partial charge in [0.1, 0.15) is 0 Å². The van der Waals surface area contributed by atoms with E-state index in [1.165, 1.54) is 4.31 Å². The maximum atomic E-state index is 12.7. The number of hydrogen-bond donors (Lipinski definition) is 1. The van der Waals surface area contributed by atoms with Gasteiger partial charge in [0.05, 0.1) is 16.5 Å². The summed E-state index contributed by atoms with van der Waals surface area (Å²) >= 11 is 0. The Balaban J connectivity index is 1.60. The zero-order valence-corrected chi connectivity index (χ0v) is 17.1. The van der Waals surface area contributed by atoms with Gasteiger partial charge in [-0.05, 0) is 43.3 Å². The third-order valence-corrected chi connectivity index (χ3v) is 6.97. The molecule has 1 amide bonds. The number of para-hydroxylation sites is 1. The lowest BCUT2D eigenvalue weighted by Gasteiger charge is -2.36. The number of sulfonamides is 1. The fourth-order valence-electron chi connectivity index (χ4n) is 3.23. The van der Waals surface area contributed by atoms with Gasteiger partial charge >= 0.3 is 6.18 Å². The molecule has 1 heterocycles. The van der Waals surface area contributed by atoms with Crippen LogP contribution in [-0.4, -0.2) is 55.8 Å². The smallest absolute Gasteiger partial charge is 0.325 e. The molecular formula is C20H22F3N3O3S. The molecule has 0 aromatic heterocycles. The minimum atomic E-state index is -4.52.